The van der Waals surface area contributed by atoms with E-state index in [-0.39, 0.29) is 25.0 Å². The summed E-state index contributed by atoms with van der Waals surface area (Å²) in [5.74, 6) is -0.129. The number of carbonyl (C=O) groups excluding carboxylic acids is 1. The Morgan fingerprint density at radius 3 is 2.35 bits per heavy atom. The van der Waals surface area contributed by atoms with Crippen molar-refractivity contribution in [1.29, 1.82) is 0 Å². The minimum Gasteiger partial charge on any atom is -0.394 e. The summed E-state index contributed by atoms with van der Waals surface area (Å²) in [4.78, 5) is 12.0. The van der Waals surface area contributed by atoms with Gasteiger partial charge >= 0.3 is 0 Å². The molecule has 4 heteroatoms. The predicted molar refractivity (Wildman–Crippen MR) is 79.6 cm³/mol. The molecule has 20 heavy (non-hydrogen) atoms. The van der Waals surface area contributed by atoms with Crippen LogP contribution in [0.4, 0.5) is 0 Å². The van der Waals surface area contributed by atoms with Crippen LogP contribution in [0, 0.1) is 0 Å². The van der Waals surface area contributed by atoms with Gasteiger partial charge in [-0.1, -0.05) is 54.1 Å². The van der Waals surface area contributed by atoms with Crippen molar-refractivity contribution in [2.24, 2.45) is 0 Å². The molecule has 0 aromatic heterocycles. The maximum absolute atomic E-state index is 12.0. The van der Waals surface area contributed by atoms with Crippen molar-refractivity contribution in [3.05, 3.63) is 70.7 Å². The van der Waals surface area contributed by atoms with Gasteiger partial charge in [-0.25, -0.2) is 0 Å². The molecule has 0 bridgehead atoms. The van der Waals surface area contributed by atoms with Crippen LogP contribution in [0.5, 0.6) is 0 Å². The highest BCUT2D eigenvalue weighted by Gasteiger charge is 2.13. The van der Waals surface area contributed by atoms with Gasteiger partial charge in [0.2, 0.25) is 5.91 Å². The molecular weight excluding hydrogens is 274 g/mol. The van der Waals surface area contributed by atoms with Crippen molar-refractivity contribution >= 4 is 17.5 Å². The summed E-state index contributed by atoms with van der Waals surface area (Å²) >= 11 is 5.80. The molecule has 1 atom stereocenters. The minimum atomic E-state index is -0.379. The molecule has 1 amide bonds. The van der Waals surface area contributed by atoms with Gasteiger partial charge in [-0.2, -0.15) is 0 Å². The molecule has 104 valence electrons. The zero-order valence-corrected chi connectivity index (χ0v) is 11.7. The number of benzene rings is 2. The van der Waals surface area contributed by atoms with E-state index in [1.165, 1.54) is 0 Å². The highest BCUT2D eigenvalue weighted by atomic mass is 35.5. The monoisotopic (exact) mass is 289 g/mol. The average molecular weight is 290 g/mol. The van der Waals surface area contributed by atoms with Crippen molar-refractivity contribution in [3.63, 3.8) is 0 Å². The quantitative estimate of drug-likeness (QED) is 0.889. The molecule has 0 fully saturated rings. The fraction of sp³-hybridized carbons (Fsp3) is 0.188. The molecule has 0 saturated carbocycles. The lowest BCUT2D eigenvalue weighted by Crippen LogP contribution is -2.31. The number of hydrogen-bond acceptors (Lipinski definition) is 2. The highest BCUT2D eigenvalue weighted by Crippen LogP contribution is 2.13. The Balaban J connectivity index is 1.97. The van der Waals surface area contributed by atoms with Crippen molar-refractivity contribution in [3.8, 4) is 0 Å². The van der Waals surface area contributed by atoms with Crippen LogP contribution in [0.25, 0.3) is 0 Å². The van der Waals surface area contributed by atoms with Crippen LogP contribution < -0.4 is 5.32 Å². The van der Waals surface area contributed by atoms with Crippen LogP contribution in [-0.4, -0.2) is 17.6 Å². The molecule has 0 spiro atoms. The fourth-order valence-electron chi connectivity index (χ4n) is 1.95. The molecule has 0 radical (unpaired) electrons. The fourth-order valence-corrected chi connectivity index (χ4v) is 2.08. The van der Waals surface area contributed by atoms with E-state index in [2.05, 4.69) is 5.32 Å². The van der Waals surface area contributed by atoms with Crippen LogP contribution in [0.3, 0.4) is 0 Å². The zero-order valence-electron chi connectivity index (χ0n) is 10.9. The van der Waals surface area contributed by atoms with Crippen molar-refractivity contribution in [1.82, 2.24) is 5.32 Å². The Kier molecular flexibility index (Phi) is 5.16. The van der Waals surface area contributed by atoms with E-state index in [0.717, 1.165) is 11.1 Å². The number of aliphatic hydroxyl groups is 1. The molecule has 2 rings (SSSR count). The van der Waals surface area contributed by atoms with Crippen LogP contribution in [-0.2, 0) is 11.2 Å². The van der Waals surface area contributed by atoms with E-state index in [1.54, 1.807) is 12.1 Å². The Morgan fingerprint density at radius 1 is 1.10 bits per heavy atom. The first-order chi connectivity index (χ1) is 9.69. The summed E-state index contributed by atoms with van der Waals surface area (Å²) in [5, 5.41) is 12.9. The lowest BCUT2D eigenvalue weighted by atomic mass is 10.1. The second kappa shape index (κ2) is 7.08. The average Bonchev–Trinajstić information content (AvgIpc) is 2.48. The predicted octanol–water partition coefficient (Wildman–Crippen LogP) is 2.73. The van der Waals surface area contributed by atoms with E-state index in [4.69, 9.17) is 11.6 Å². The van der Waals surface area contributed by atoms with Gasteiger partial charge in [0.25, 0.3) is 0 Å². The molecule has 0 heterocycles. The standard InChI is InChI=1S/C16H16ClNO2/c17-14-8-6-12(7-9-14)10-16(20)18-15(11-19)13-4-2-1-3-5-13/h1-9,15,19H,10-11H2,(H,18,20)/t15-/m1/s1. The summed E-state index contributed by atoms with van der Waals surface area (Å²) in [6, 6.07) is 16.2. The second-order valence-corrected chi connectivity index (χ2v) is 4.95. The molecule has 2 N–H and O–H groups in total. The highest BCUT2D eigenvalue weighted by molar-refractivity contribution is 6.30. The molecule has 0 saturated heterocycles. The molecule has 0 aliphatic rings. The number of aliphatic hydroxyl groups excluding tert-OH is 1. The summed E-state index contributed by atoms with van der Waals surface area (Å²) in [7, 11) is 0. The maximum Gasteiger partial charge on any atom is 0.224 e. The Bertz CT molecular complexity index is 554. The largest absolute Gasteiger partial charge is 0.394 e. The third-order valence-electron chi connectivity index (χ3n) is 3.00. The van der Waals surface area contributed by atoms with Gasteiger partial charge in [0.05, 0.1) is 19.1 Å². The second-order valence-electron chi connectivity index (χ2n) is 4.52. The van der Waals surface area contributed by atoms with Gasteiger partial charge in [-0.3, -0.25) is 4.79 Å². The summed E-state index contributed by atoms with van der Waals surface area (Å²) in [5.41, 5.74) is 1.77. The van der Waals surface area contributed by atoms with Crippen LogP contribution >= 0.6 is 11.6 Å². The van der Waals surface area contributed by atoms with Gasteiger partial charge in [0.15, 0.2) is 0 Å². The van der Waals surface area contributed by atoms with Gasteiger partial charge < -0.3 is 10.4 Å². The van der Waals surface area contributed by atoms with E-state index in [1.807, 2.05) is 42.5 Å². The maximum atomic E-state index is 12.0. The first kappa shape index (κ1) is 14.6. The lowest BCUT2D eigenvalue weighted by Gasteiger charge is -2.16. The van der Waals surface area contributed by atoms with Gasteiger partial charge in [0, 0.05) is 5.02 Å². The smallest absolute Gasteiger partial charge is 0.224 e. The normalized spacial score (nSPS) is 11.9. The minimum absolute atomic E-state index is 0.129. The number of hydrogen-bond donors (Lipinski definition) is 2. The van der Waals surface area contributed by atoms with Crippen LogP contribution in [0.15, 0.2) is 54.6 Å². The SMILES string of the molecule is O=C(Cc1ccc(Cl)cc1)N[C@H](CO)c1ccccc1. The van der Waals surface area contributed by atoms with E-state index in [9.17, 15) is 9.90 Å². The van der Waals surface area contributed by atoms with E-state index >= 15 is 0 Å². The molecule has 0 aliphatic heterocycles. The third-order valence-corrected chi connectivity index (χ3v) is 3.25. The Morgan fingerprint density at radius 2 is 1.75 bits per heavy atom. The molecule has 0 aliphatic carbocycles. The lowest BCUT2D eigenvalue weighted by molar-refractivity contribution is -0.121. The molecule has 3 nitrogen and oxygen atoms in total. The van der Waals surface area contributed by atoms with Crippen LogP contribution in [0.1, 0.15) is 17.2 Å². The number of nitrogens with one attached hydrogen (secondary N) is 1. The van der Waals surface area contributed by atoms with E-state index < -0.39 is 0 Å². The number of amides is 1. The van der Waals surface area contributed by atoms with Crippen molar-refractivity contribution in [2.45, 2.75) is 12.5 Å². The Labute approximate surface area is 123 Å². The summed E-state index contributed by atoms with van der Waals surface area (Å²) in [6.45, 7) is -0.129. The molecule has 2 aromatic carbocycles. The van der Waals surface area contributed by atoms with Gasteiger partial charge in [0.1, 0.15) is 0 Å². The summed E-state index contributed by atoms with van der Waals surface area (Å²) in [6.07, 6.45) is 0.264. The number of rotatable bonds is 5. The third kappa shape index (κ3) is 4.08. The van der Waals surface area contributed by atoms with Crippen molar-refractivity contribution in [2.75, 3.05) is 6.61 Å². The summed E-state index contributed by atoms with van der Waals surface area (Å²) < 4.78 is 0. The van der Waals surface area contributed by atoms with Gasteiger partial charge in [-0.15, -0.1) is 0 Å². The molecule has 0 unspecified atom stereocenters. The van der Waals surface area contributed by atoms with Crippen molar-refractivity contribution < 1.29 is 9.90 Å². The number of carbonyl (C=O) groups is 1. The molecular formula is C16H16ClNO2. The topological polar surface area (TPSA) is 49.3 Å². The first-order valence-corrected chi connectivity index (χ1v) is 6.76. The van der Waals surface area contributed by atoms with Crippen LogP contribution in [0.2, 0.25) is 5.02 Å². The van der Waals surface area contributed by atoms with Gasteiger partial charge in [-0.05, 0) is 23.3 Å². The Hall–Kier alpha value is -1.84. The zero-order chi connectivity index (χ0) is 14.4. The van der Waals surface area contributed by atoms with E-state index in [0.29, 0.717) is 5.02 Å². The number of halogens is 1. The molecule has 2 aromatic rings. The first-order valence-electron chi connectivity index (χ1n) is 6.38.